The SMILES string of the molecule is NC(CCCc1ccc(F)cc1)C(=O)NCCc1ccccc1. The summed E-state index contributed by atoms with van der Waals surface area (Å²) < 4.78 is 12.8. The van der Waals surface area contributed by atoms with Crippen molar-refractivity contribution in [2.75, 3.05) is 6.54 Å². The van der Waals surface area contributed by atoms with Crippen LogP contribution in [-0.2, 0) is 17.6 Å². The highest BCUT2D eigenvalue weighted by molar-refractivity contribution is 5.81. The van der Waals surface area contributed by atoms with E-state index in [4.69, 9.17) is 5.73 Å². The fourth-order valence-electron chi connectivity index (χ4n) is 2.41. The van der Waals surface area contributed by atoms with E-state index in [1.807, 2.05) is 30.3 Å². The quantitative estimate of drug-likeness (QED) is 0.787. The Kier molecular flexibility index (Phi) is 6.76. The second kappa shape index (κ2) is 9.06. The van der Waals surface area contributed by atoms with E-state index in [2.05, 4.69) is 5.32 Å². The number of amides is 1. The number of nitrogens with one attached hydrogen (secondary N) is 1. The van der Waals surface area contributed by atoms with Crippen LogP contribution >= 0.6 is 0 Å². The topological polar surface area (TPSA) is 55.1 Å². The van der Waals surface area contributed by atoms with Crippen LogP contribution in [0.25, 0.3) is 0 Å². The molecule has 3 nitrogen and oxygen atoms in total. The predicted octanol–water partition coefficient (Wildman–Crippen LogP) is 2.83. The minimum atomic E-state index is -0.494. The summed E-state index contributed by atoms with van der Waals surface area (Å²) in [5.74, 6) is -0.344. The van der Waals surface area contributed by atoms with Crippen molar-refractivity contribution in [2.24, 2.45) is 5.73 Å². The standard InChI is InChI=1S/C19H23FN2O/c20-17-11-9-16(10-12-17)7-4-8-18(21)19(23)22-14-13-15-5-2-1-3-6-15/h1-3,5-6,9-12,18H,4,7-8,13-14,21H2,(H,22,23). The molecule has 0 heterocycles. The highest BCUT2D eigenvalue weighted by Crippen LogP contribution is 2.08. The summed E-state index contributed by atoms with van der Waals surface area (Å²) in [5, 5.41) is 2.87. The number of hydrogen-bond donors (Lipinski definition) is 2. The van der Waals surface area contributed by atoms with E-state index in [9.17, 15) is 9.18 Å². The van der Waals surface area contributed by atoms with Crippen LogP contribution in [0.3, 0.4) is 0 Å². The van der Waals surface area contributed by atoms with Crippen molar-refractivity contribution in [3.8, 4) is 0 Å². The van der Waals surface area contributed by atoms with E-state index in [1.165, 1.54) is 17.7 Å². The average Bonchev–Trinajstić information content (AvgIpc) is 2.57. The third-order valence-corrected chi connectivity index (χ3v) is 3.79. The van der Waals surface area contributed by atoms with Crippen LogP contribution in [0, 0.1) is 5.82 Å². The predicted molar refractivity (Wildman–Crippen MR) is 90.5 cm³/mol. The minimum absolute atomic E-state index is 0.111. The molecule has 0 aliphatic heterocycles. The van der Waals surface area contributed by atoms with Gasteiger partial charge in [0.25, 0.3) is 0 Å². The van der Waals surface area contributed by atoms with Gasteiger partial charge in [-0.3, -0.25) is 4.79 Å². The molecule has 0 saturated heterocycles. The van der Waals surface area contributed by atoms with Gasteiger partial charge >= 0.3 is 0 Å². The first-order chi connectivity index (χ1) is 11.1. The van der Waals surface area contributed by atoms with Gasteiger partial charge in [-0.05, 0) is 48.9 Å². The Bertz CT molecular complexity index is 599. The number of carbonyl (C=O) groups is 1. The lowest BCUT2D eigenvalue weighted by Gasteiger charge is -2.12. The molecule has 3 N–H and O–H groups in total. The Balaban J connectivity index is 1.63. The van der Waals surface area contributed by atoms with Crippen molar-refractivity contribution < 1.29 is 9.18 Å². The monoisotopic (exact) mass is 314 g/mol. The summed E-state index contributed by atoms with van der Waals surface area (Å²) in [4.78, 5) is 11.9. The molecule has 2 aromatic carbocycles. The molecule has 0 saturated carbocycles. The zero-order valence-corrected chi connectivity index (χ0v) is 13.2. The molecule has 1 unspecified atom stereocenters. The zero-order chi connectivity index (χ0) is 16.5. The summed E-state index contributed by atoms with van der Waals surface area (Å²) in [6, 6.07) is 15.9. The van der Waals surface area contributed by atoms with Crippen LogP contribution in [0.2, 0.25) is 0 Å². The number of hydrogen-bond acceptors (Lipinski definition) is 2. The van der Waals surface area contributed by atoms with Crippen molar-refractivity contribution in [3.05, 3.63) is 71.5 Å². The Morgan fingerprint density at radius 2 is 1.65 bits per heavy atom. The molecule has 4 heteroatoms. The van der Waals surface area contributed by atoms with Crippen LogP contribution in [0.1, 0.15) is 24.0 Å². The Labute approximate surface area is 136 Å². The number of benzene rings is 2. The van der Waals surface area contributed by atoms with E-state index in [0.717, 1.165) is 24.8 Å². The zero-order valence-electron chi connectivity index (χ0n) is 13.2. The third kappa shape index (κ3) is 6.20. The third-order valence-electron chi connectivity index (χ3n) is 3.79. The van der Waals surface area contributed by atoms with Crippen LogP contribution < -0.4 is 11.1 Å². The molecule has 1 atom stereocenters. The molecule has 0 aliphatic carbocycles. The largest absolute Gasteiger partial charge is 0.354 e. The van der Waals surface area contributed by atoms with Gasteiger partial charge in [-0.25, -0.2) is 4.39 Å². The number of carbonyl (C=O) groups excluding carboxylic acids is 1. The molecule has 2 rings (SSSR count). The van der Waals surface area contributed by atoms with Crippen LogP contribution in [0.5, 0.6) is 0 Å². The van der Waals surface area contributed by atoms with Crippen molar-refractivity contribution in [1.82, 2.24) is 5.32 Å². The molecule has 0 bridgehead atoms. The van der Waals surface area contributed by atoms with E-state index in [1.54, 1.807) is 12.1 Å². The van der Waals surface area contributed by atoms with E-state index < -0.39 is 6.04 Å². The highest BCUT2D eigenvalue weighted by Gasteiger charge is 2.12. The second-order valence-electron chi connectivity index (χ2n) is 5.65. The molecule has 0 radical (unpaired) electrons. The van der Waals surface area contributed by atoms with Gasteiger partial charge in [0.2, 0.25) is 5.91 Å². The van der Waals surface area contributed by atoms with Crippen molar-refractivity contribution >= 4 is 5.91 Å². The fourth-order valence-corrected chi connectivity index (χ4v) is 2.41. The van der Waals surface area contributed by atoms with E-state index in [-0.39, 0.29) is 11.7 Å². The molecule has 0 spiro atoms. The number of halogens is 1. The first-order valence-electron chi connectivity index (χ1n) is 7.97. The normalized spacial score (nSPS) is 11.9. The highest BCUT2D eigenvalue weighted by atomic mass is 19.1. The van der Waals surface area contributed by atoms with Crippen molar-refractivity contribution in [3.63, 3.8) is 0 Å². The lowest BCUT2D eigenvalue weighted by molar-refractivity contribution is -0.122. The van der Waals surface area contributed by atoms with E-state index >= 15 is 0 Å². The summed E-state index contributed by atoms with van der Waals surface area (Å²) in [6.45, 7) is 0.592. The van der Waals surface area contributed by atoms with Crippen LogP contribution in [0.15, 0.2) is 54.6 Å². The van der Waals surface area contributed by atoms with Gasteiger partial charge in [-0.2, -0.15) is 0 Å². The Hall–Kier alpha value is -2.20. The van der Waals surface area contributed by atoms with Gasteiger partial charge in [0, 0.05) is 6.54 Å². The maximum absolute atomic E-state index is 12.8. The second-order valence-corrected chi connectivity index (χ2v) is 5.65. The molecule has 0 aliphatic rings. The minimum Gasteiger partial charge on any atom is -0.354 e. The molecule has 1 amide bonds. The van der Waals surface area contributed by atoms with Crippen LogP contribution in [0.4, 0.5) is 4.39 Å². The fraction of sp³-hybridized carbons (Fsp3) is 0.316. The molecular weight excluding hydrogens is 291 g/mol. The molecule has 23 heavy (non-hydrogen) atoms. The van der Waals surface area contributed by atoms with Gasteiger partial charge in [0.15, 0.2) is 0 Å². The summed E-state index contributed by atoms with van der Waals surface area (Å²) >= 11 is 0. The molecule has 122 valence electrons. The maximum Gasteiger partial charge on any atom is 0.236 e. The van der Waals surface area contributed by atoms with Crippen molar-refractivity contribution in [2.45, 2.75) is 31.7 Å². The lowest BCUT2D eigenvalue weighted by atomic mass is 10.0. The van der Waals surface area contributed by atoms with E-state index in [0.29, 0.717) is 13.0 Å². The van der Waals surface area contributed by atoms with Gasteiger partial charge in [0.05, 0.1) is 6.04 Å². The first kappa shape index (κ1) is 17.2. The van der Waals surface area contributed by atoms with Gasteiger partial charge in [-0.15, -0.1) is 0 Å². The molecule has 2 aromatic rings. The van der Waals surface area contributed by atoms with Crippen molar-refractivity contribution in [1.29, 1.82) is 0 Å². The number of nitrogens with two attached hydrogens (primary N) is 1. The van der Waals surface area contributed by atoms with Gasteiger partial charge < -0.3 is 11.1 Å². The first-order valence-corrected chi connectivity index (χ1v) is 7.97. The number of aryl methyl sites for hydroxylation is 1. The Morgan fingerprint density at radius 1 is 1.00 bits per heavy atom. The molecule has 0 aromatic heterocycles. The van der Waals surface area contributed by atoms with Gasteiger partial charge in [-0.1, -0.05) is 42.5 Å². The summed E-state index contributed by atoms with van der Waals surface area (Å²) in [5.41, 5.74) is 8.16. The summed E-state index contributed by atoms with van der Waals surface area (Å²) in [6.07, 6.45) is 3.02. The average molecular weight is 314 g/mol. The Morgan fingerprint density at radius 3 is 2.35 bits per heavy atom. The van der Waals surface area contributed by atoms with Crippen LogP contribution in [-0.4, -0.2) is 18.5 Å². The van der Waals surface area contributed by atoms with Gasteiger partial charge in [0.1, 0.15) is 5.82 Å². The molecular formula is C19H23FN2O. The maximum atomic E-state index is 12.8. The smallest absolute Gasteiger partial charge is 0.236 e. The summed E-state index contributed by atoms with van der Waals surface area (Å²) in [7, 11) is 0. The molecule has 0 fully saturated rings. The number of rotatable bonds is 8. The lowest BCUT2D eigenvalue weighted by Crippen LogP contribution is -2.41.